The molecule has 0 unspecified atom stereocenters. The number of aliphatic hydroxyl groups excluding tert-OH is 1. The Morgan fingerprint density at radius 1 is 1.23 bits per heavy atom. The smallest absolute Gasteiger partial charge is 0.232 e. The molecule has 0 spiro atoms. The molecular weight excluding hydrogens is 378 g/mol. The third-order valence-electron chi connectivity index (χ3n) is 5.23. The Bertz CT molecular complexity index is 769. The molecule has 1 aliphatic rings. The van der Waals surface area contributed by atoms with Crippen LogP contribution in [0.3, 0.4) is 0 Å². The Morgan fingerprint density at radius 3 is 2.63 bits per heavy atom. The van der Waals surface area contributed by atoms with Crippen LogP contribution in [0.1, 0.15) is 32.3 Å². The average Bonchev–Trinajstić information content (AvgIpc) is 3.38. The van der Waals surface area contributed by atoms with Crippen LogP contribution in [0.5, 0.6) is 0 Å². The number of nitrogens with zero attached hydrogens (tertiary/aromatic N) is 3. The van der Waals surface area contributed by atoms with Crippen molar-refractivity contribution in [2.24, 2.45) is 5.92 Å². The predicted octanol–water partition coefficient (Wildman–Crippen LogP) is 3.96. The van der Waals surface area contributed by atoms with Gasteiger partial charge in [0.2, 0.25) is 5.88 Å². The summed E-state index contributed by atoms with van der Waals surface area (Å²) in [5.74, 6) is 1.35. The van der Waals surface area contributed by atoms with E-state index >= 15 is 0 Å². The van der Waals surface area contributed by atoms with Gasteiger partial charge in [-0.3, -0.25) is 4.90 Å². The number of hydrogen-bond acceptors (Lipinski definition) is 6. The van der Waals surface area contributed by atoms with E-state index in [0.29, 0.717) is 32.2 Å². The zero-order valence-electron chi connectivity index (χ0n) is 18.3. The summed E-state index contributed by atoms with van der Waals surface area (Å²) in [5, 5.41) is 15.0. The molecule has 3 rings (SSSR count). The highest BCUT2D eigenvalue weighted by atomic mass is 16.5. The van der Waals surface area contributed by atoms with Crippen molar-refractivity contribution in [2.45, 2.75) is 39.3 Å². The largest absolute Gasteiger partial charge is 0.389 e. The first-order chi connectivity index (χ1) is 14.6. The van der Waals surface area contributed by atoms with E-state index in [1.54, 1.807) is 6.08 Å². The fourth-order valence-corrected chi connectivity index (χ4v) is 4.02. The summed E-state index contributed by atoms with van der Waals surface area (Å²) < 4.78 is 11.3. The van der Waals surface area contributed by atoms with Gasteiger partial charge in [-0.05, 0) is 18.8 Å². The van der Waals surface area contributed by atoms with E-state index in [1.165, 1.54) is 12.8 Å². The van der Waals surface area contributed by atoms with Crippen molar-refractivity contribution in [3.8, 4) is 11.3 Å². The minimum absolute atomic E-state index is 0.300. The van der Waals surface area contributed by atoms with Crippen LogP contribution in [-0.2, 0) is 11.3 Å². The summed E-state index contributed by atoms with van der Waals surface area (Å²) in [6.07, 6.45) is 3.50. The first-order valence-corrected chi connectivity index (χ1v) is 11.0. The number of rotatable bonds is 12. The Hall–Kier alpha value is -2.15. The molecule has 2 heterocycles. The van der Waals surface area contributed by atoms with Crippen LogP contribution >= 0.6 is 0 Å². The van der Waals surface area contributed by atoms with Gasteiger partial charge in [-0.25, -0.2) is 0 Å². The normalized spacial score (nSPS) is 15.3. The average molecular weight is 414 g/mol. The second kappa shape index (κ2) is 11.3. The van der Waals surface area contributed by atoms with Gasteiger partial charge in [0.05, 0.1) is 24.9 Å². The van der Waals surface area contributed by atoms with Crippen LogP contribution < -0.4 is 4.90 Å². The lowest BCUT2D eigenvalue weighted by atomic mass is 10.1. The Labute approximate surface area is 180 Å². The molecule has 6 heteroatoms. The van der Waals surface area contributed by atoms with E-state index in [9.17, 15) is 5.11 Å². The van der Waals surface area contributed by atoms with E-state index in [-0.39, 0.29) is 0 Å². The molecule has 1 aromatic heterocycles. The molecule has 1 N–H and O–H groups in total. The van der Waals surface area contributed by atoms with Crippen molar-refractivity contribution in [3.63, 3.8) is 0 Å². The van der Waals surface area contributed by atoms with Crippen LogP contribution in [0.2, 0.25) is 0 Å². The van der Waals surface area contributed by atoms with E-state index in [2.05, 4.69) is 47.5 Å². The minimum atomic E-state index is -0.557. The number of anilines is 1. The quantitative estimate of drug-likeness (QED) is 0.420. The molecule has 0 saturated carbocycles. The highest BCUT2D eigenvalue weighted by molar-refractivity contribution is 5.68. The Morgan fingerprint density at radius 2 is 1.97 bits per heavy atom. The van der Waals surface area contributed by atoms with Gasteiger partial charge in [0.15, 0.2) is 0 Å². The predicted molar refractivity (Wildman–Crippen MR) is 121 cm³/mol. The van der Waals surface area contributed by atoms with Crippen molar-refractivity contribution >= 4 is 5.88 Å². The zero-order chi connectivity index (χ0) is 21.3. The van der Waals surface area contributed by atoms with Crippen molar-refractivity contribution in [2.75, 3.05) is 44.3 Å². The van der Waals surface area contributed by atoms with Gasteiger partial charge in [0.1, 0.15) is 5.69 Å². The molecule has 1 aromatic carbocycles. The van der Waals surface area contributed by atoms with Gasteiger partial charge in [0, 0.05) is 38.3 Å². The fraction of sp³-hybridized carbons (Fsp3) is 0.542. The zero-order valence-corrected chi connectivity index (χ0v) is 18.3. The highest BCUT2D eigenvalue weighted by Crippen LogP contribution is 2.34. The first-order valence-electron chi connectivity index (χ1n) is 11.0. The van der Waals surface area contributed by atoms with E-state index in [0.717, 1.165) is 42.3 Å². The third kappa shape index (κ3) is 6.17. The number of benzene rings is 1. The summed E-state index contributed by atoms with van der Waals surface area (Å²) in [5.41, 5.74) is 3.05. The van der Waals surface area contributed by atoms with Gasteiger partial charge < -0.3 is 19.3 Å². The summed E-state index contributed by atoms with van der Waals surface area (Å²) in [6, 6.07) is 10.2. The van der Waals surface area contributed by atoms with Gasteiger partial charge >= 0.3 is 0 Å². The summed E-state index contributed by atoms with van der Waals surface area (Å²) in [7, 11) is 0. The Kier molecular flexibility index (Phi) is 8.49. The second-order valence-electron chi connectivity index (χ2n) is 8.44. The molecule has 1 saturated heterocycles. The van der Waals surface area contributed by atoms with Crippen LogP contribution in [0.15, 0.2) is 47.5 Å². The molecule has 1 fully saturated rings. The number of aromatic nitrogens is 1. The number of aliphatic hydroxyl groups is 1. The molecule has 30 heavy (non-hydrogen) atoms. The lowest BCUT2D eigenvalue weighted by molar-refractivity contribution is 0.0223. The molecule has 0 radical (unpaired) electrons. The summed E-state index contributed by atoms with van der Waals surface area (Å²) in [6.45, 7) is 12.9. The summed E-state index contributed by atoms with van der Waals surface area (Å²) >= 11 is 0. The van der Waals surface area contributed by atoms with Crippen molar-refractivity contribution in [3.05, 3.63) is 48.6 Å². The third-order valence-corrected chi connectivity index (χ3v) is 5.23. The van der Waals surface area contributed by atoms with Gasteiger partial charge in [-0.1, -0.05) is 55.4 Å². The molecule has 6 nitrogen and oxygen atoms in total. The monoisotopic (exact) mass is 413 g/mol. The molecule has 0 amide bonds. The second-order valence-corrected chi connectivity index (χ2v) is 8.44. The minimum Gasteiger partial charge on any atom is -0.389 e. The van der Waals surface area contributed by atoms with Gasteiger partial charge in [-0.15, -0.1) is 6.58 Å². The van der Waals surface area contributed by atoms with Crippen molar-refractivity contribution in [1.29, 1.82) is 0 Å². The number of hydrogen-bond donors (Lipinski definition) is 1. The molecule has 0 aliphatic carbocycles. The van der Waals surface area contributed by atoms with E-state index < -0.39 is 6.10 Å². The SMILES string of the molecule is C=CCOC[C@H](O)CN(Cc1c(-c2ccccc2)noc1N1CCCC1)CC(C)C. The molecule has 1 atom stereocenters. The topological polar surface area (TPSA) is 62.0 Å². The van der Waals surface area contributed by atoms with Crippen LogP contribution in [0.4, 0.5) is 5.88 Å². The van der Waals surface area contributed by atoms with Crippen molar-refractivity contribution < 1.29 is 14.4 Å². The molecule has 0 bridgehead atoms. The maximum Gasteiger partial charge on any atom is 0.232 e. The maximum atomic E-state index is 10.5. The first kappa shape index (κ1) is 22.5. The summed E-state index contributed by atoms with van der Waals surface area (Å²) in [4.78, 5) is 4.58. The fourth-order valence-electron chi connectivity index (χ4n) is 4.02. The lowest BCUT2D eigenvalue weighted by Crippen LogP contribution is -2.37. The molecule has 1 aliphatic heterocycles. The highest BCUT2D eigenvalue weighted by Gasteiger charge is 2.27. The molecule has 164 valence electrons. The van der Waals surface area contributed by atoms with Crippen LogP contribution in [0, 0.1) is 5.92 Å². The molecule has 2 aromatic rings. The van der Waals surface area contributed by atoms with E-state index in [1.807, 2.05) is 18.2 Å². The van der Waals surface area contributed by atoms with Crippen LogP contribution in [0.25, 0.3) is 11.3 Å². The standard InChI is InChI=1S/C24H35N3O3/c1-4-14-29-18-21(28)16-26(15-19(2)3)17-22-23(20-10-6-5-7-11-20)25-30-24(22)27-12-8-9-13-27/h4-7,10-11,19,21,28H,1,8-9,12-18H2,2-3H3/t21-/m1/s1. The maximum absolute atomic E-state index is 10.5. The Balaban J connectivity index is 1.84. The lowest BCUT2D eigenvalue weighted by Gasteiger charge is -2.27. The van der Waals surface area contributed by atoms with Gasteiger partial charge in [-0.2, -0.15) is 0 Å². The number of ether oxygens (including phenoxy) is 1. The van der Waals surface area contributed by atoms with Crippen molar-refractivity contribution in [1.82, 2.24) is 10.1 Å². The van der Waals surface area contributed by atoms with E-state index in [4.69, 9.17) is 9.26 Å². The molecular formula is C24H35N3O3. The van der Waals surface area contributed by atoms with Gasteiger partial charge in [0.25, 0.3) is 0 Å². The van der Waals surface area contributed by atoms with Crippen LogP contribution in [-0.4, -0.2) is 60.7 Å².